The maximum Gasteiger partial charge on any atom is 0.422 e. The molecular weight excluding hydrogens is 425 g/mol. The van der Waals surface area contributed by atoms with Gasteiger partial charge in [-0.3, -0.25) is 9.59 Å². The largest absolute Gasteiger partial charge is 0.484 e. The number of benzene rings is 2. The van der Waals surface area contributed by atoms with Gasteiger partial charge in [-0.2, -0.15) is 13.2 Å². The van der Waals surface area contributed by atoms with Crippen molar-refractivity contribution in [1.29, 1.82) is 0 Å². The monoisotopic (exact) mass is 440 g/mol. The van der Waals surface area contributed by atoms with E-state index in [0.717, 1.165) is 10.4 Å². The summed E-state index contributed by atoms with van der Waals surface area (Å²) in [5, 5.41) is 2.48. The average Bonchev–Trinajstić information content (AvgIpc) is 3.47. The van der Waals surface area contributed by atoms with E-state index in [1.165, 1.54) is 36.4 Å². The lowest BCUT2D eigenvalue weighted by Gasteiger charge is -2.13. The Morgan fingerprint density at radius 2 is 1.90 bits per heavy atom. The first-order valence-electron chi connectivity index (χ1n) is 8.90. The van der Waals surface area contributed by atoms with Gasteiger partial charge in [0.25, 0.3) is 21.8 Å². The molecule has 2 amide bonds. The number of halogens is 3. The summed E-state index contributed by atoms with van der Waals surface area (Å²) in [6, 6.07) is 8.77. The topological polar surface area (TPSA) is 92.8 Å². The molecule has 0 aromatic heterocycles. The van der Waals surface area contributed by atoms with Crippen LogP contribution in [0.15, 0.2) is 47.4 Å². The van der Waals surface area contributed by atoms with Crippen LogP contribution < -0.4 is 10.1 Å². The van der Waals surface area contributed by atoms with Crippen molar-refractivity contribution in [3.05, 3.63) is 53.6 Å². The molecule has 0 unspecified atom stereocenters. The Kier molecular flexibility index (Phi) is 4.72. The average molecular weight is 440 g/mol. The molecule has 0 saturated heterocycles. The molecular formula is C19H15F3N2O5S. The molecule has 158 valence electrons. The van der Waals surface area contributed by atoms with Crippen molar-refractivity contribution in [2.24, 2.45) is 0 Å². The number of carbonyl (C=O) groups is 2. The Hall–Kier alpha value is -3.08. The first-order valence-corrected chi connectivity index (χ1v) is 10.3. The minimum atomic E-state index is -4.50. The van der Waals surface area contributed by atoms with Crippen LogP contribution in [0.4, 0.5) is 18.9 Å². The zero-order valence-electron chi connectivity index (χ0n) is 15.3. The number of amides is 2. The number of rotatable bonds is 5. The van der Waals surface area contributed by atoms with E-state index in [1.807, 2.05) is 0 Å². The van der Waals surface area contributed by atoms with Crippen LogP contribution in [-0.4, -0.2) is 43.4 Å². The molecule has 0 spiro atoms. The van der Waals surface area contributed by atoms with Gasteiger partial charge in [0.2, 0.25) is 0 Å². The molecule has 11 heteroatoms. The summed E-state index contributed by atoms with van der Waals surface area (Å²) in [6.07, 6.45) is -3.28. The maximum absolute atomic E-state index is 12.7. The second kappa shape index (κ2) is 7.01. The van der Waals surface area contributed by atoms with E-state index in [4.69, 9.17) is 0 Å². The number of sulfonamides is 1. The Labute approximate surface area is 169 Å². The second-order valence-corrected chi connectivity index (χ2v) is 8.72. The van der Waals surface area contributed by atoms with Crippen LogP contribution in [0.5, 0.6) is 5.75 Å². The molecule has 1 saturated carbocycles. The van der Waals surface area contributed by atoms with Crippen LogP contribution in [0.25, 0.3) is 0 Å². The van der Waals surface area contributed by atoms with Gasteiger partial charge in [0.1, 0.15) is 10.6 Å². The number of ether oxygens (including phenoxy) is 1. The maximum atomic E-state index is 12.7. The van der Waals surface area contributed by atoms with E-state index >= 15 is 0 Å². The standard InChI is InChI=1S/C19H15F3N2O5S/c20-19(21,22)10-29-14-3-1-2-12(9-14)23-17(25)11-4-7-15-16(8-11)30(27,28)24(18(15)26)13-5-6-13/h1-4,7-9,13H,5-6,10H2,(H,23,25). The molecule has 1 aliphatic carbocycles. The van der Waals surface area contributed by atoms with Crippen LogP contribution in [0, 0.1) is 0 Å². The number of hydrogen-bond donors (Lipinski definition) is 1. The molecule has 1 aliphatic heterocycles. The predicted octanol–water partition coefficient (Wildman–Crippen LogP) is 3.19. The molecule has 2 aliphatic rings. The molecule has 0 radical (unpaired) electrons. The van der Waals surface area contributed by atoms with Gasteiger partial charge in [-0.1, -0.05) is 6.07 Å². The van der Waals surface area contributed by atoms with Gasteiger partial charge in [-0.15, -0.1) is 0 Å². The molecule has 4 rings (SSSR count). The van der Waals surface area contributed by atoms with E-state index in [0.29, 0.717) is 12.8 Å². The Bertz CT molecular complexity index is 1140. The van der Waals surface area contributed by atoms with Gasteiger partial charge >= 0.3 is 6.18 Å². The van der Waals surface area contributed by atoms with E-state index in [2.05, 4.69) is 10.1 Å². The predicted molar refractivity (Wildman–Crippen MR) is 98.8 cm³/mol. The van der Waals surface area contributed by atoms with Gasteiger partial charge in [-0.05, 0) is 43.2 Å². The molecule has 30 heavy (non-hydrogen) atoms. The Morgan fingerprint density at radius 1 is 1.17 bits per heavy atom. The number of nitrogens with one attached hydrogen (secondary N) is 1. The third kappa shape index (κ3) is 3.84. The summed E-state index contributed by atoms with van der Waals surface area (Å²) in [4.78, 5) is 24.7. The van der Waals surface area contributed by atoms with Crippen LogP contribution >= 0.6 is 0 Å². The van der Waals surface area contributed by atoms with Crippen molar-refractivity contribution in [2.75, 3.05) is 11.9 Å². The number of fused-ring (bicyclic) bond motifs is 1. The molecule has 7 nitrogen and oxygen atoms in total. The summed E-state index contributed by atoms with van der Waals surface area (Å²) in [5.41, 5.74) is 0.170. The summed E-state index contributed by atoms with van der Waals surface area (Å²) in [7, 11) is -4.01. The summed E-state index contributed by atoms with van der Waals surface area (Å²) >= 11 is 0. The number of alkyl halides is 3. The smallest absolute Gasteiger partial charge is 0.422 e. The number of nitrogens with zero attached hydrogens (tertiary/aromatic N) is 1. The highest BCUT2D eigenvalue weighted by Crippen LogP contribution is 2.39. The van der Waals surface area contributed by atoms with Gasteiger partial charge in [0, 0.05) is 23.4 Å². The Balaban J connectivity index is 1.53. The lowest BCUT2D eigenvalue weighted by Crippen LogP contribution is -2.31. The third-order valence-electron chi connectivity index (χ3n) is 4.58. The van der Waals surface area contributed by atoms with Crippen LogP contribution in [0.3, 0.4) is 0 Å². The van der Waals surface area contributed by atoms with Crippen LogP contribution in [0.1, 0.15) is 33.6 Å². The van der Waals surface area contributed by atoms with E-state index in [-0.39, 0.29) is 33.5 Å². The zero-order chi connectivity index (χ0) is 21.7. The lowest BCUT2D eigenvalue weighted by atomic mass is 10.1. The minimum absolute atomic E-state index is 0.00983. The fourth-order valence-corrected chi connectivity index (χ4v) is 4.93. The van der Waals surface area contributed by atoms with Crippen molar-refractivity contribution in [3.8, 4) is 5.75 Å². The van der Waals surface area contributed by atoms with Crippen molar-refractivity contribution < 1.29 is 35.9 Å². The summed E-state index contributed by atoms with van der Waals surface area (Å²) in [6.45, 7) is -1.47. The van der Waals surface area contributed by atoms with Crippen LogP contribution in [0.2, 0.25) is 0 Å². The molecule has 2 aromatic rings. The molecule has 1 N–H and O–H groups in total. The zero-order valence-corrected chi connectivity index (χ0v) is 16.1. The number of anilines is 1. The number of hydrogen-bond acceptors (Lipinski definition) is 5. The number of carbonyl (C=O) groups excluding carboxylic acids is 2. The highest BCUT2D eigenvalue weighted by Gasteiger charge is 2.48. The quantitative estimate of drug-likeness (QED) is 0.771. The van der Waals surface area contributed by atoms with Crippen molar-refractivity contribution in [3.63, 3.8) is 0 Å². The van der Waals surface area contributed by atoms with Gasteiger partial charge < -0.3 is 10.1 Å². The highest BCUT2D eigenvalue weighted by atomic mass is 32.2. The van der Waals surface area contributed by atoms with Crippen molar-refractivity contribution in [2.45, 2.75) is 30.0 Å². The lowest BCUT2D eigenvalue weighted by molar-refractivity contribution is -0.153. The summed E-state index contributed by atoms with van der Waals surface area (Å²) < 4.78 is 67.7. The molecule has 1 fully saturated rings. The fraction of sp³-hybridized carbons (Fsp3) is 0.263. The SMILES string of the molecule is O=C(Nc1cccc(OCC(F)(F)F)c1)c1ccc2c(c1)S(=O)(=O)N(C1CC1)C2=O. The molecule has 0 bridgehead atoms. The summed E-state index contributed by atoms with van der Waals surface area (Å²) in [5.74, 6) is -1.38. The fourth-order valence-electron chi connectivity index (χ4n) is 3.09. The van der Waals surface area contributed by atoms with Gasteiger partial charge in [-0.25, -0.2) is 12.7 Å². The van der Waals surface area contributed by atoms with Crippen molar-refractivity contribution in [1.82, 2.24) is 4.31 Å². The van der Waals surface area contributed by atoms with Crippen molar-refractivity contribution >= 4 is 27.5 Å². The first kappa shape index (κ1) is 20.2. The highest BCUT2D eigenvalue weighted by molar-refractivity contribution is 7.90. The first-order chi connectivity index (χ1) is 14.1. The van der Waals surface area contributed by atoms with Gasteiger partial charge in [0.15, 0.2) is 6.61 Å². The Morgan fingerprint density at radius 3 is 2.57 bits per heavy atom. The van der Waals surface area contributed by atoms with Crippen LogP contribution in [-0.2, 0) is 10.0 Å². The molecule has 0 atom stereocenters. The normalized spacial score (nSPS) is 17.6. The minimum Gasteiger partial charge on any atom is -0.484 e. The molecule has 1 heterocycles. The third-order valence-corrected chi connectivity index (χ3v) is 6.46. The van der Waals surface area contributed by atoms with E-state index < -0.39 is 34.6 Å². The van der Waals surface area contributed by atoms with E-state index in [1.54, 1.807) is 0 Å². The van der Waals surface area contributed by atoms with E-state index in [9.17, 15) is 31.2 Å². The molecule has 2 aromatic carbocycles. The van der Waals surface area contributed by atoms with Gasteiger partial charge in [0.05, 0.1) is 5.56 Å². The second-order valence-electron chi connectivity index (χ2n) is 6.93.